The van der Waals surface area contributed by atoms with Crippen LogP contribution in [0, 0.1) is 13.8 Å². The van der Waals surface area contributed by atoms with Crippen LogP contribution in [-0.4, -0.2) is 15.0 Å². The Labute approximate surface area is 122 Å². The van der Waals surface area contributed by atoms with Gasteiger partial charge in [0.05, 0.1) is 16.6 Å². The van der Waals surface area contributed by atoms with Crippen molar-refractivity contribution in [3.8, 4) is 11.4 Å². The first-order chi connectivity index (χ1) is 10.2. The molecule has 0 amide bonds. The standard InChI is InChI=1S/C18H15N3/c1-11-9-12(2)16-15(10-11)20-18(21-16)14-7-3-5-13-6-4-8-19-17(13)14/h3-10H,1-2H3,(H,20,21). The molecule has 0 saturated heterocycles. The van der Waals surface area contributed by atoms with Gasteiger partial charge in [0, 0.05) is 17.1 Å². The third-order valence-corrected chi connectivity index (χ3v) is 3.81. The second-order valence-electron chi connectivity index (χ2n) is 5.44. The normalized spacial score (nSPS) is 11.3. The van der Waals surface area contributed by atoms with Gasteiger partial charge in [0.15, 0.2) is 0 Å². The first kappa shape index (κ1) is 12.1. The zero-order valence-electron chi connectivity index (χ0n) is 12.0. The molecule has 0 bridgehead atoms. The predicted molar refractivity (Wildman–Crippen MR) is 86.3 cm³/mol. The number of rotatable bonds is 1. The fourth-order valence-electron chi connectivity index (χ4n) is 2.89. The summed E-state index contributed by atoms with van der Waals surface area (Å²) in [7, 11) is 0. The number of fused-ring (bicyclic) bond motifs is 2. The van der Waals surface area contributed by atoms with Crippen LogP contribution in [0.1, 0.15) is 11.1 Å². The number of para-hydroxylation sites is 1. The van der Waals surface area contributed by atoms with Crippen LogP contribution in [0.25, 0.3) is 33.3 Å². The summed E-state index contributed by atoms with van der Waals surface area (Å²) in [5, 5.41) is 1.13. The minimum absolute atomic E-state index is 0.878. The topological polar surface area (TPSA) is 41.6 Å². The number of pyridine rings is 1. The van der Waals surface area contributed by atoms with Gasteiger partial charge in [-0.1, -0.05) is 24.3 Å². The maximum absolute atomic E-state index is 4.78. The molecule has 2 aromatic heterocycles. The minimum Gasteiger partial charge on any atom is -0.338 e. The smallest absolute Gasteiger partial charge is 0.140 e. The van der Waals surface area contributed by atoms with Crippen LogP contribution in [0.2, 0.25) is 0 Å². The van der Waals surface area contributed by atoms with Crippen molar-refractivity contribution in [2.75, 3.05) is 0 Å². The van der Waals surface area contributed by atoms with Crippen molar-refractivity contribution in [2.45, 2.75) is 13.8 Å². The largest absolute Gasteiger partial charge is 0.338 e. The van der Waals surface area contributed by atoms with Gasteiger partial charge in [0.25, 0.3) is 0 Å². The summed E-state index contributed by atoms with van der Waals surface area (Å²) in [4.78, 5) is 12.7. The molecule has 0 unspecified atom stereocenters. The van der Waals surface area contributed by atoms with Gasteiger partial charge >= 0.3 is 0 Å². The number of aromatic amines is 1. The van der Waals surface area contributed by atoms with Crippen LogP contribution in [0.3, 0.4) is 0 Å². The maximum atomic E-state index is 4.78. The summed E-state index contributed by atoms with van der Waals surface area (Å²) >= 11 is 0. The molecule has 4 rings (SSSR count). The first-order valence-electron chi connectivity index (χ1n) is 7.03. The molecular formula is C18H15N3. The Morgan fingerprint density at radius 1 is 0.952 bits per heavy atom. The number of aromatic nitrogens is 3. The molecule has 102 valence electrons. The SMILES string of the molecule is Cc1cc(C)c2nc(-c3cccc4cccnc34)[nH]c2c1. The molecule has 21 heavy (non-hydrogen) atoms. The third-order valence-electron chi connectivity index (χ3n) is 3.81. The average Bonchev–Trinajstić information content (AvgIpc) is 2.90. The number of hydrogen-bond donors (Lipinski definition) is 1. The number of aryl methyl sites for hydroxylation is 2. The molecule has 2 heterocycles. The summed E-state index contributed by atoms with van der Waals surface area (Å²) in [6.07, 6.45) is 1.82. The average molecular weight is 273 g/mol. The van der Waals surface area contributed by atoms with E-state index in [0.717, 1.165) is 33.3 Å². The van der Waals surface area contributed by atoms with Gasteiger partial charge in [-0.3, -0.25) is 4.98 Å². The molecule has 0 radical (unpaired) electrons. The minimum atomic E-state index is 0.878. The van der Waals surface area contributed by atoms with Crippen molar-refractivity contribution in [3.05, 3.63) is 59.8 Å². The summed E-state index contributed by atoms with van der Waals surface area (Å²) < 4.78 is 0. The van der Waals surface area contributed by atoms with E-state index < -0.39 is 0 Å². The fourth-order valence-corrected chi connectivity index (χ4v) is 2.89. The quantitative estimate of drug-likeness (QED) is 0.558. The van der Waals surface area contributed by atoms with E-state index in [2.05, 4.69) is 54.1 Å². The van der Waals surface area contributed by atoms with Crippen molar-refractivity contribution < 1.29 is 0 Å². The fraction of sp³-hybridized carbons (Fsp3) is 0.111. The summed E-state index contributed by atoms with van der Waals surface area (Å²) in [5.41, 5.74) is 6.57. The number of H-pyrrole nitrogens is 1. The van der Waals surface area contributed by atoms with E-state index in [9.17, 15) is 0 Å². The number of nitrogens with zero attached hydrogens (tertiary/aromatic N) is 2. The zero-order chi connectivity index (χ0) is 14.4. The van der Waals surface area contributed by atoms with Crippen LogP contribution in [-0.2, 0) is 0 Å². The molecule has 0 fully saturated rings. The molecule has 0 spiro atoms. The van der Waals surface area contributed by atoms with E-state index in [0.29, 0.717) is 0 Å². The zero-order valence-corrected chi connectivity index (χ0v) is 12.0. The Bertz CT molecular complexity index is 961. The Morgan fingerprint density at radius 3 is 2.71 bits per heavy atom. The lowest BCUT2D eigenvalue weighted by molar-refractivity contribution is 1.32. The molecule has 1 N–H and O–H groups in total. The first-order valence-corrected chi connectivity index (χ1v) is 7.03. The van der Waals surface area contributed by atoms with E-state index >= 15 is 0 Å². The molecule has 0 aliphatic carbocycles. The van der Waals surface area contributed by atoms with Crippen LogP contribution in [0.15, 0.2) is 48.7 Å². The van der Waals surface area contributed by atoms with Crippen LogP contribution >= 0.6 is 0 Å². The number of benzene rings is 2. The molecule has 3 nitrogen and oxygen atoms in total. The Morgan fingerprint density at radius 2 is 1.81 bits per heavy atom. The number of hydrogen-bond acceptors (Lipinski definition) is 2. The third kappa shape index (κ3) is 1.89. The lowest BCUT2D eigenvalue weighted by Crippen LogP contribution is -1.85. The van der Waals surface area contributed by atoms with Gasteiger partial charge in [0.1, 0.15) is 5.82 Å². The summed E-state index contributed by atoms with van der Waals surface area (Å²) in [6, 6.07) is 14.5. The summed E-state index contributed by atoms with van der Waals surface area (Å²) in [5.74, 6) is 0.878. The summed E-state index contributed by atoms with van der Waals surface area (Å²) in [6.45, 7) is 4.20. The number of nitrogens with one attached hydrogen (secondary N) is 1. The van der Waals surface area contributed by atoms with E-state index in [1.165, 1.54) is 11.1 Å². The van der Waals surface area contributed by atoms with Crippen LogP contribution < -0.4 is 0 Å². The van der Waals surface area contributed by atoms with Crippen molar-refractivity contribution in [2.24, 2.45) is 0 Å². The second-order valence-corrected chi connectivity index (χ2v) is 5.44. The maximum Gasteiger partial charge on any atom is 0.140 e. The molecular weight excluding hydrogens is 258 g/mol. The highest BCUT2D eigenvalue weighted by atomic mass is 14.9. The van der Waals surface area contributed by atoms with Gasteiger partial charge in [-0.2, -0.15) is 0 Å². The predicted octanol–water partition coefficient (Wildman–Crippen LogP) is 4.39. The van der Waals surface area contributed by atoms with E-state index in [4.69, 9.17) is 4.98 Å². The van der Waals surface area contributed by atoms with Crippen LogP contribution in [0.5, 0.6) is 0 Å². The van der Waals surface area contributed by atoms with E-state index in [1.54, 1.807) is 0 Å². The van der Waals surface area contributed by atoms with Crippen molar-refractivity contribution in [1.82, 2.24) is 15.0 Å². The Balaban J connectivity index is 2.03. The van der Waals surface area contributed by atoms with E-state index in [-0.39, 0.29) is 0 Å². The van der Waals surface area contributed by atoms with Crippen molar-refractivity contribution >= 4 is 21.9 Å². The highest BCUT2D eigenvalue weighted by Gasteiger charge is 2.11. The van der Waals surface area contributed by atoms with Crippen LogP contribution in [0.4, 0.5) is 0 Å². The molecule has 0 atom stereocenters. The lowest BCUT2D eigenvalue weighted by atomic mass is 10.1. The molecule has 2 aromatic carbocycles. The van der Waals surface area contributed by atoms with E-state index in [1.807, 2.05) is 18.3 Å². The Kier molecular flexibility index (Phi) is 2.54. The van der Waals surface area contributed by atoms with Gasteiger partial charge < -0.3 is 4.98 Å². The molecule has 0 aliphatic rings. The van der Waals surface area contributed by atoms with Gasteiger partial charge in [-0.05, 0) is 43.2 Å². The molecule has 0 saturated carbocycles. The van der Waals surface area contributed by atoms with Gasteiger partial charge in [-0.25, -0.2) is 4.98 Å². The monoisotopic (exact) mass is 273 g/mol. The Hall–Kier alpha value is -2.68. The van der Waals surface area contributed by atoms with Gasteiger partial charge in [0.2, 0.25) is 0 Å². The van der Waals surface area contributed by atoms with Gasteiger partial charge in [-0.15, -0.1) is 0 Å². The van der Waals surface area contributed by atoms with Crippen molar-refractivity contribution in [1.29, 1.82) is 0 Å². The van der Waals surface area contributed by atoms with Crippen molar-refractivity contribution in [3.63, 3.8) is 0 Å². The second kappa shape index (κ2) is 4.42. The molecule has 0 aliphatic heterocycles. The molecule has 3 heteroatoms. The number of imidazole rings is 1. The highest BCUT2D eigenvalue weighted by molar-refractivity contribution is 5.94. The lowest BCUT2D eigenvalue weighted by Gasteiger charge is -2.02. The highest BCUT2D eigenvalue weighted by Crippen LogP contribution is 2.28. The molecule has 4 aromatic rings.